The van der Waals surface area contributed by atoms with Crippen LogP contribution in [-0.4, -0.2) is 27.6 Å². The van der Waals surface area contributed by atoms with Gasteiger partial charge in [-0.05, 0) is 52.7 Å². The van der Waals surface area contributed by atoms with Crippen molar-refractivity contribution in [1.29, 1.82) is 0 Å². The number of sulfonamides is 1. The van der Waals surface area contributed by atoms with Gasteiger partial charge in [0, 0.05) is 11.5 Å². The molecule has 1 N–H and O–H groups in total. The number of anilines is 2. The number of amides is 1. The molecule has 0 fully saturated rings. The average molecular weight is 397 g/mol. The SMILES string of the molecule is Cc1ccc(NC(=O)c2ccccc2N(C)S(C)(=O)=O)c(Br)c1. The van der Waals surface area contributed by atoms with Crippen LogP contribution in [0.4, 0.5) is 11.4 Å². The van der Waals surface area contributed by atoms with Crippen molar-refractivity contribution >= 4 is 43.2 Å². The molecule has 2 rings (SSSR count). The van der Waals surface area contributed by atoms with E-state index in [0.717, 1.165) is 20.6 Å². The molecule has 0 aliphatic rings. The number of hydrogen-bond acceptors (Lipinski definition) is 3. The lowest BCUT2D eigenvalue weighted by Gasteiger charge is -2.20. The Morgan fingerprint density at radius 2 is 1.83 bits per heavy atom. The van der Waals surface area contributed by atoms with E-state index in [1.54, 1.807) is 30.3 Å². The maximum atomic E-state index is 12.6. The fourth-order valence-electron chi connectivity index (χ4n) is 2.03. The standard InChI is InChI=1S/C16H17BrN2O3S/c1-11-8-9-14(13(17)10-11)18-16(20)12-6-4-5-7-15(12)19(2)23(3,21)22/h4-10H,1-3H3,(H,18,20). The molecule has 0 aliphatic heterocycles. The Morgan fingerprint density at radius 1 is 1.17 bits per heavy atom. The van der Waals surface area contributed by atoms with Gasteiger partial charge < -0.3 is 5.32 Å². The van der Waals surface area contributed by atoms with E-state index in [1.807, 2.05) is 19.1 Å². The first-order valence-electron chi connectivity index (χ1n) is 6.80. The molecular weight excluding hydrogens is 380 g/mol. The van der Waals surface area contributed by atoms with Crippen molar-refractivity contribution < 1.29 is 13.2 Å². The van der Waals surface area contributed by atoms with Crippen molar-refractivity contribution in [2.45, 2.75) is 6.92 Å². The Balaban J connectivity index is 2.37. The Hall–Kier alpha value is -1.86. The quantitative estimate of drug-likeness (QED) is 0.860. The predicted octanol–water partition coefficient (Wildman–Crippen LogP) is 3.41. The summed E-state index contributed by atoms with van der Waals surface area (Å²) in [5.41, 5.74) is 2.30. The highest BCUT2D eigenvalue weighted by atomic mass is 79.9. The molecule has 2 aromatic rings. The van der Waals surface area contributed by atoms with E-state index in [1.165, 1.54) is 7.05 Å². The molecular formula is C16H17BrN2O3S. The van der Waals surface area contributed by atoms with E-state index >= 15 is 0 Å². The summed E-state index contributed by atoms with van der Waals surface area (Å²) in [5.74, 6) is -0.374. The predicted molar refractivity (Wildman–Crippen MR) is 96.5 cm³/mol. The minimum atomic E-state index is -3.45. The second-order valence-electron chi connectivity index (χ2n) is 5.19. The molecule has 1 amide bonds. The van der Waals surface area contributed by atoms with E-state index in [4.69, 9.17) is 0 Å². The number of carbonyl (C=O) groups excluding carboxylic acids is 1. The molecule has 122 valence electrons. The van der Waals surface area contributed by atoms with Crippen LogP contribution in [0.25, 0.3) is 0 Å². The van der Waals surface area contributed by atoms with Gasteiger partial charge in [0.15, 0.2) is 0 Å². The number of benzene rings is 2. The van der Waals surface area contributed by atoms with E-state index < -0.39 is 10.0 Å². The van der Waals surface area contributed by atoms with Crippen LogP contribution < -0.4 is 9.62 Å². The third-order valence-corrected chi connectivity index (χ3v) is 5.21. The summed E-state index contributed by atoms with van der Waals surface area (Å²) >= 11 is 3.41. The zero-order valence-corrected chi connectivity index (χ0v) is 15.4. The van der Waals surface area contributed by atoms with Crippen LogP contribution >= 0.6 is 15.9 Å². The molecule has 5 nitrogen and oxygen atoms in total. The maximum absolute atomic E-state index is 12.6. The highest BCUT2D eigenvalue weighted by Crippen LogP contribution is 2.26. The fraction of sp³-hybridized carbons (Fsp3) is 0.188. The summed E-state index contributed by atoms with van der Waals surface area (Å²) in [7, 11) is -2.03. The Bertz CT molecular complexity index is 850. The normalized spacial score (nSPS) is 11.1. The number of hydrogen-bond donors (Lipinski definition) is 1. The maximum Gasteiger partial charge on any atom is 0.257 e. The van der Waals surface area contributed by atoms with Gasteiger partial charge in [0.05, 0.1) is 23.2 Å². The lowest BCUT2D eigenvalue weighted by molar-refractivity contribution is 0.102. The van der Waals surface area contributed by atoms with Crippen molar-refractivity contribution in [1.82, 2.24) is 0 Å². The lowest BCUT2D eigenvalue weighted by Crippen LogP contribution is -2.27. The van der Waals surface area contributed by atoms with Crippen LogP contribution in [0, 0.1) is 6.92 Å². The number of halogens is 1. The smallest absolute Gasteiger partial charge is 0.257 e. The third kappa shape index (κ3) is 4.11. The molecule has 0 spiro atoms. The number of rotatable bonds is 4. The first kappa shape index (κ1) is 17.5. The summed E-state index contributed by atoms with van der Waals surface area (Å²) in [6.45, 7) is 1.95. The van der Waals surface area contributed by atoms with Crippen molar-refractivity contribution in [2.75, 3.05) is 22.9 Å². The van der Waals surface area contributed by atoms with Gasteiger partial charge in [-0.15, -0.1) is 0 Å². The molecule has 0 heterocycles. The summed E-state index contributed by atoms with van der Waals surface area (Å²) in [5, 5.41) is 2.79. The van der Waals surface area contributed by atoms with Gasteiger partial charge in [0.25, 0.3) is 5.91 Å². The van der Waals surface area contributed by atoms with E-state index in [-0.39, 0.29) is 11.5 Å². The molecule has 7 heteroatoms. The van der Waals surface area contributed by atoms with Crippen LogP contribution in [-0.2, 0) is 10.0 Å². The number of para-hydroxylation sites is 1. The van der Waals surface area contributed by atoms with Gasteiger partial charge in [-0.1, -0.05) is 18.2 Å². The second-order valence-corrected chi connectivity index (χ2v) is 8.05. The van der Waals surface area contributed by atoms with Gasteiger partial charge in [0.1, 0.15) is 0 Å². The van der Waals surface area contributed by atoms with Crippen LogP contribution in [0.15, 0.2) is 46.9 Å². The summed E-state index contributed by atoms with van der Waals surface area (Å²) < 4.78 is 25.3. The third-order valence-electron chi connectivity index (χ3n) is 3.36. The van der Waals surface area contributed by atoms with Crippen LogP contribution in [0.3, 0.4) is 0 Å². The van der Waals surface area contributed by atoms with E-state index in [2.05, 4.69) is 21.2 Å². The number of nitrogens with one attached hydrogen (secondary N) is 1. The minimum absolute atomic E-state index is 0.285. The van der Waals surface area contributed by atoms with Crippen molar-refractivity contribution in [3.63, 3.8) is 0 Å². The molecule has 0 unspecified atom stereocenters. The fourth-order valence-corrected chi connectivity index (χ4v) is 3.14. The van der Waals surface area contributed by atoms with Gasteiger partial charge in [0.2, 0.25) is 10.0 Å². The van der Waals surface area contributed by atoms with E-state index in [9.17, 15) is 13.2 Å². The monoisotopic (exact) mass is 396 g/mol. The van der Waals surface area contributed by atoms with Crippen molar-refractivity contribution in [3.8, 4) is 0 Å². The Morgan fingerprint density at radius 3 is 2.43 bits per heavy atom. The second kappa shape index (κ2) is 6.72. The molecule has 0 bridgehead atoms. The molecule has 0 atom stereocenters. The molecule has 0 saturated carbocycles. The highest BCUT2D eigenvalue weighted by Gasteiger charge is 2.19. The van der Waals surface area contributed by atoms with Crippen LogP contribution in [0.2, 0.25) is 0 Å². The Labute approximate surface area is 144 Å². The zero-order chi connectivity index (χ0) is 17.2. The Kier molecular flexibility index (Phi) is 5.11. The van der Waals surface area contributed by atoms with Gasteiger partial charge >= 0.3 is 0 Å². The van der Waals surface area contributed by atoms with Crippen LogP contribution in [0.1, 0.15) is 15.9 Å². The number of nitrogens with zero attached hydrogens (tertiary/aromatic N) is 1. The molecule has 0 aliphatic carbocycles. The molecule has 23 heavy (non-hydrogen) atoms. The van der Waals surface area contributed by atoms with Gasteiger partial charge in [-0.2, -0.15) is 0 Å². The summed E-state index contributed by atoms with van der Waals surface area (Å²) in [6.07, 6.45) is 1.10. The molecule has 0 saturated heterocycles. The molecule has 0 radical (unpaired) electrons. The van der Waals surface area contributed by atoms with Crippen LogP contribution in [0.5, 0.6) is 0 Å². The topological polar surface area (TPSA) is 66.5 Å². The summed E-state index contributed by atoms with van der Waals surface area (Å²) in [6, 6.07) is 12.1. The lowest BCUT2D eigenvalue weighted by atomic mass is 10.1. The molecule has 0 aromatic heterocycles. The number of carbonyl (C=O) groups is 1. The first-order chi connectivity index (χ1) is 10.7. The molecule has 2 aromatic carbocycles. The van der Waals surface area contributed by atoms with Crippen molar-refractivity contribution in [3.05, 3.63) is 58.1 Å². The summed E-state index contributed by atoms with van der Waals surface area (Å²) in [4.78, 5) is 12.6. The average Bonchev–Trinajstić information content (AvgIpc) is 2.48. The first-order valence-corrected chi connectivity index (χ1v) is 9.44. The van der Waals surface area contributed by atoms with Crippen molar-refractivity contribution in [2.24, 2.45) is 0 Å². The zero-order valence-electron chi connectivity index (χ0n) is 13.0. The van der Waals surface area contributed by atoms with Gasteiger partial charge in [-0.3, -0.25) is 9.10 Å². The highest BCUT2D eigenvalue weighted by molar-refractivity contribution is 9.10. The largest absolute Gasteiger partial charge is 0.321 e. The van der Waals surface area contributed by atoms with Gasteiger partial charge in [-0.25, -0.2) is 8.42 Å². The minimum Gasteiger partial charge on any atom is -0.321 e. The number of aryl methyl sites for hydroxylation is 1. The van der Waals surface area contributed by atoms with E-state index in [0.29, 0.717) is 11.4 Å².